The third-order valence-electron chi connectivity index (χ3n) is 5.30. The molecular weight excluding hydrogens is 224 g/mol. The highest BCUT2D eigenvalue weighted by molar-refractivity contribution is 5.68. The van der Waals surface area contributed by atoms with Crippen molar-refractivity contribution in [3.8, 4) is 0 Å². The van der Waals surface area contributed by atoms with Crippen molar-refractivity contribution in [1.29, 1.82) is 0 Å². The maximum absolute atomic E-state index is 11.2. The fourth-order valence-corrected chi connectivity index (χ4v) is 3.77. The molecule has 0 spiro atoms. The molecule has 2 saturated carbocycles. The van der Waals surface area contributed by atoms with Crippen molar-refractivity contribution in [3.05, 3.63) is 0 Å². The van der Waals surface area contributed by atoms with E-state index in [2.05, 4.69) is 13.8 Å². The molecule has 0 N–H and O–H groups in total. The number of carbonyl (C=O) groups excluding carboxylic acids is 1. The van der Waals surface area contributed by atoms with Crippen molar-refractivity contribution >= 4 is 5.97 Å². The van der Waals surface area contributed by atoms with Gasteiger partial charge in [0.25, 0.3) is 0 Å². The summed E-state index contributed by atoms with van der Waals surface area (Å²) in [6, 6.07) is 0. The lowest BCUT2D eigenvalue weighted by molar-refractivity contribution is -0.145. The Balaban J connectivity index is 1.79. The maximum Gasteiger partial charge on any atom is 0.305 e. The highest BCUT2D eigenvalue weighted by Gasteiger charge is 2.54. The first kappa shape index (κ1) is 13.9. The van der Waals surface area contributed by atoms with E-state index in [1.54, 1.807) is 0 Å². The van der Waals surface area contributed by atoms with Gasteiger partial charge in [0.1, 0.15) is 0 Å². The molecule has 2 aliphatic carbocycles. The van der Waals surface area contributed by atoms with Gasteiger partial charge in [-0.15, -0.1) is 0 Å². The number of hydrogen-bond donors (Lipinski definition) is 0. The van der Waals surface area contributed by atoms with E-state index < -0.39 is 0 Å². The monoisotopic (exact) mass is 252 g/mol. The topological polar surface area (TPSA) is 26.3 Å². The van der Waals surface area contributed by atoms with Gasteiger partial charge in [0.05, 0.1) is 6.61 Å². The van der Waals surface area contributed by atoms with Crippen molar-refractivity contribution in [2.24, 2.45) is 23.2 Å². The summed E-state index contributed by atoms with van der Waals surface area (Å²) < 4.78 is 5.35. The summed E-state index contributed by atoms with van der Waals surface area (Å²) in [6.07, 6.45) is 8.86. The third-order valence-corrected chi connectivity index (χ3v) is 5.30. The highest BCUT2D eigenvalue weighted by atomic mass is 16.5. The molecular formula is C16H28O2. The smallest absolute Gasteiger partial charge is 0.305 e. The Morgan fingerprint density at radius 3 is 2.61 bits per heavy atom. The van der Waals surface area contributed by atoms with Gasteiger partial charge < -0.3 is 4.74 Å². The van der Waals surface area contributed by atoms with Gasteiger partial charge in [0.15, 0.2) is 0 Å². The molecule has 0 saturated heterocycles. The van der Waals surface area contributed by atoms with Crippen molar-refractivity contribution in [3.63, 3.8) is 0 Å². The van der Waals surface area contributed by atoms with Crippen molar-refractivity contribution in [2.75, 3.05) is 6.61 Å². The van der Waals surface area contributed by atoms with E-state index >= 15 is 0 Å². The summed E-state index contributed by atoms with van der Waals surface area (Å²) in [5, 5.41) is 0. The minimum atomic E-state index is -0.0489. The molecule has 0 radical (unpaired) electrons. The fraction of sp³-hybridized carbons (Fsp3) is 0.938. The summed E-state index contributed by atoms with van der Waals surface area (Å²) in [5.74, 6) is 2.47. The summed E-state index contributed by atoms with van der Waals surface area (Å²) in [5.41, 5.74) is 0.279. The third kappa shape index (κ3) is 3.07. The van der Waals surface area contributed by atoms with Gasteiger partial charge >= 0.3 is 5.97 Å². The van der Waals surface area contributed by atoms with E-state index in [0.29, 0.717) is 13.0 Å². The van der Waals surface area contributed by atoms with Crippen molar-refractivity contribution in [2.45, 2.75) is 65.7 Å². The summed E-state index contributed by atoms with van der Waals surface area (Å²) in [7, 11) is 0. The van der Waals surface area contributed by atoms with E-state index in [4.69, 9.17) is 4.74 Å². The zero-order chi connectivity index (χ0) is 13.2. The molecule has 0 aromatic heterocycles. The van der Waals surface area contributed by atoms with Gasteiger partial charge in [-0.2, -0.15) is 0 Å². The quantitative estimate of drug-likeness (QED) is 0.686. The molecule has 2 heteroatoms. The van der Waals surface area contributed by atoms with Gasteiger partial charge in [-0.05, 0) is 24.2 Å². The van der Waals surface area contributed by atoms with Crippen molar-refractivity contribution in [1.82, 2.24) is 0 Å². The zero-order valence-electron chi connectivity index (χ0n) is 12.2. The molecule has 0 aromatic rings. The molecule has 0 bridgehead atoms. The minimum Gasteiger partial charge on any atom is -0.465 e. The molecule has 104 valence electrons. The average Bonchev–Trinajstić information content (AvgIpc) is 3.09. The number of rotatable bonds is 5. The fourth-order valence-electron chi connectivity index (χ4n) is 3.77. The molecule has 0 aromatic carbocycles. The lowest BCUT2D eigenvalue weighted by Crippen LogP contribution is -2.21. The first-order valence-electron chi connectivity index (χ1n) is 7.72. The Kier molecular flexibility index (Phi) is 4.34. The lowest BCUT2D eigenvalue weighted by Gasteiger charge is -2.29. The predicted molar refractivity (Wildman–Crippen MR) is 73.2 cm³/mol. The number of carbonyl (C=O) groups is 1. The van der Waals surface area contributed by atoms with Crippen LogP contribution in [0.5, 0.6) is 0 Å². The van der Waals surface area contributed by atoms with E-state index in [0.717, 1.165) is 17.8 Å². The SMILES string of the molecule is CCC(=O)OCC1(C)CC1[C@H](C)C1CCCCC1. The number of ether oxygens (including phenoxy) is 1. The van der Waals surface area contributed by atoms with E-state index in [1.165, 1.54) is 38.5 Å². The largest absolute Gasteiger partial charge is 0.465 e. The van der Waals surface area contributed by atoms with Gasteiger partial charge in [-0.25, -0.2) is 0 Å². The molecule has 2 unspecified atom stereocenters. The Morgan fingerprint density at radius 1 is 1.33 bits per heavy atom. The van der Waals surface area contributed by atoms with Crippen LogP contribution in [-0.2, 0) is 9.53 Å². The van der Waals surface area contributed by atoms with Crippen LogP contribution < -0.4 is 0 Å². The molecule has 0 amide bonds. The molecule has 2 fully saturated rings. The Hall–Kier alpha value is -0.530. The van der Waals surface area contributed by atoms with Crippen LogP contribution in [0.25, 0.3) is 0 Å². The van der Waals surface area contributed by atoms with Gasteiger partial charge in [0.2, 0.25) is 0 Å². The van der Waals surface area contributed by atoms with Gasteiger partial charge in [-0.3, -0.25) is 4.79 Å². The predicted octanol–water partition coefficient (Wildman–Crippen LogP) is 4.18. The molecule has 0 aliphatic heterocycles. The summed E-state index contributed by atoms with van der Waals surface area (Å²) in [4.78, 5) is 11.2. The van der Waals surface area contributed by atoms with E-state index in [-0.39, 0.29) is 11.4 Å². The number of esters is 1. The van der Waals surface area contributed by atoms with Crippen LogP contribution in [0.4, 0.5) is 0 Å². The molecule has 2 nitrogen and oxygen atoms in total. The highest BCUT2D eigenvalue weighted by Crippen LogP contribution is 2.59. The normalized spacial score (nSPS) is 34.1. The average molecular weight is 252 g/mol. The Bertz CT molecular complexity index is 293. The second kappa shape index (κ2) is 5.63. The van der Waals surface area contributed by atoms with E-state index in [9.17, 15) is 4.79 Å². The molecule has 2 rings (SSSR count). The van der Waals surface area contributed by atoms with Gasteiger partial charge in [-0.1, -0.05) is 52.9 Å². The molecule has 3 atom stereocenters. The van der Waals surface area contributed by atoms with Crippen LogP contribution in [0.15, 0.2) is 0 Å². The summed E-state index contributed by atoms with van der Waals surface area (Å²) in [6.45, 7) is 7.22. The molecule has 2 aliphatic rings. The van der Waals surface area contributed by atoms with Crippen LogP contribution in [0.2, 0.25) is 0 Å². The number of hydrogen-bond acceptors (Lipinski definition) is 2. The molecule has 0 heterocycles. The zero-order valence-corrected chi connectivity index (χ0v) is 12.2. The first-order valence-corrected chi connectivity index (χ1v) is 7.72. The van der Waals surface area contributed by atoms with Crippen LogP contribution in [0, 0.1) is 23.2 Å². The molecule has 18 heavy (non-hydrogen) atoms. The minimum absolute atomic E-state index is 0.0489. The second-order valence-electron chi connectivity index (χ2n) is 6.74. The Labute approximate surface area is 111 Å². The Morgan fingerprint density at radius 2 is 2.00 bits per heavy atom. The van der Waals surface area contributed by atoms with Crippen LogP contribution >= 0.6 is 0 Å². The maximum atomic E-state index is 11.2. The van der Waals surface area contributed by atoms with Gasteiger partial charge in [0, 0.05) is 11.8 Å². The van der Waals surface area contributed by atoms with Crippen LogP contribution in [-0.4, -0.2) is 12.6 Å². The van der Waals surface area contributed by atoms with E-state index in [1.807, 2.05) is 6.92 Å². The van der Waals surface area contributed by atoms with Crippen molar-refractivity contribution < 1.29 is 9.53 Å². The van der Waals surface area contributed by atoms with Crippen LogP contribution in [0.1, 0.15) is 65.7 Å². The standard InChI is InChI=1S/C16H28O2/c1-4-15(17)18-11-16(3)10-14(16)12(2)13-8-6-5-7-9-13/h12-14H,4-11H2,1-3H3/t12-,14?,16?/m1/s1. The first-order chi connectivity index (χ1) is 8.57. The lowest BCUT2D eigenvalue weighted by atomic mass is 9.77. The van der Waals surface area contributed by atoms with Crippen LogP contribution in [0.3, 0.4) is 0 Å². The summed E-state index contributed by atoms with van der Waals surface area (Å²) >= 11 is 0. The second-order valence-corrected chi connectivity index (χ2v) is 6.74.